The SMILES string of the molecule is O=C(O)c1cnn(CC2COc3ccccc32)c1. The number of hydrogen-bond donors (Lipinski definition) is 1. The summed E-state index contributed by atoms with van der Waals surface area (Å²) in [6, 6.07) is 7.90. The van der Waals surface area contributed by atoms with E-state index in [1.54, 1.807) is 10.9 Å². The predicted octanol–water partition coefficient (Wildman–Crippen LogP) is 1.76. The van der Waals surface area contributed by atoms with E-state index in [4.69, 9.17) is 9.84 Å². The molecule has 0 saturated heterocycles. The average molecular weight is 244 g/mol. The summed E-state index contributed by atoms with van der Waals surface area (Å²) in [5.41, 5.74) is 1.37. The monoisotopic (exact) mass is 244 g/mol. The molecule has 5 heteroatoms. The molecule has 0 spiro atoms. The number of rotatable bonds is 3. The minimum Gasteiger partial charge on any atom is -0.493 e. The number of carbonyl (C=O) groups is 1. The lowest BCUT2D eigenvalue weighted by Crippen LogP contribution is -2.11. The number of nitrogens with zero attached hydrogens (tertiary/aromatic N) is 2. The molecule has 1 aromatic heterocycles. The van der Waals surface area contributed by atoms with E-state index in [9.17, 15) is 4.79 Å². The van der Waals surface area contributed by atoms with Crippen LogP contribution in [0, 0.1) is 0 Å². The number of benzene rings is 1. The molecule has 3 rings (SSSR count). The van der Waals surface area contributed by atoms with Crippen LogP contribution in [-0.4, -0.2) is 27.5 Å². The van der Waals surface area contributed by atoms with Crippen molar-refractivity contribution in [3.05, 3.63) is 47.8 Å². The van der Waals surface area contributed by atoms with Crippen LogP contribution in [0.15, 0.2) is 36.7 Å². The van der Waals surface area contributed by atoms with E-state index in [0.29, 0.717) is 13.2 Å². The predicted molar refractivity (Wildman–Crippen MR) is 63.9 cm³/mol. The lowest BCUT2D eigenvalue weighted by Gasteiger charge is -2.08. The van der Waals surface area contributed by atoms with Crippen LogP contribution in [0.2, 0.25) is 0 Å². The van der Waals surface area contributed by atoms with Crippen molar-refractivity contribution in [3.63, 3.8) is 0 Å². The Balaban J connectivity index is 1.80. The zero-order valence-electron chi connectivity index (χ0n) is 9.61. The highest BCUT2D eigenvalue weighted by Crippen LogP contribution is 2.34. The molecule has 18 heavy (non-hydrogen) atoms. The lowest BCUT2D eigenvalue weighted by molar-refractivity contribution is 0.0696. The fourth-order valence-corrected chi connectivity index (χ4v) is 2.18. The van der Waals surface area contributed by atoms with Gasteiger partial charge < -0.3 is 9.84 Å². The van der Waals surface area contributed by atoms with Crippen molar-refractivity contribution in [1.29, 1.82) is 0 Å². The maximum Gasteiger partial charge on any atom is 0.338 e. The van der Waals surface area contributed by atoms with Crippen LogP contribution in [0.3, 0.4) is 0 Å². The molecule has 0 saturated carbocycles. The number of carboxylic acid groups (broad SMARTS) is 1. The summed E-state index contributed by atoms with van der Waals surface area (Å²) in [6.07, 6.45) is 2.91. The number of carboxylic acids is 1. The fourth-order valence-electron chi connectivity index (χ4n) is 2.18. The van der Waals surface area contributed by atoms with Gasteiger partial charge in [0.2, 0.25) is 0 Å². The van der Waals surface area contributed by atoms with Gasteiger partial charge in [-0.2, -0.15) is 5.10 Å². The smallest absolute Gasteiger partial charge is 0.338 e. The summed E-state index contributed by atoms with van der Waals surface area (Å²) in [4.78, 5) is 10.8. The third-order valence-corrected chi connectivity index (χ3v) is 3.09. The van der Waals surface area contributed by atoms with E-state index in [2.05, 4.69) is 5.10 Å². The van der Waals surface area contributed by atoms with Crippen molar-refractivity contribution in [2.45, 2.75) is 12.5 Å². The molecule has 0 bridgehead atoms. The van der Waals surface area contributed by atoms with Crippen molar-refractivity contribution in [3.8, 4) is 5.75 Å². The van der Waals surface area contributed by atoms with Crippen LogP contribution in [0.1, 0.15) is 21.8 Å². The van der Waals surface area contributed by atoms with Crippen LogP contribution < -0.4 is 4.74 Å². The number of hydrogen-bond acceptors (Lipinski definition) is 3. The number of aromatic nitrogens is 2. The van der Waals surface area contributed by atoms with E-state index in [-0.39, 0.29) is 11.5 Å². The molecule has 2 aromatic rings. The van der Waals surface area contributed by atoms with Gasteiger partial charge in [-0.25, -0.2) is 4.79 Å². The Labute approximate surface area is 104 Å². The van der Waals surface area contributed by atoms with Gasteiger partial charge in [0, 0.05) is 17.7 Å². The van der Waals surface area contributed by atoms with E-state index in [0.717, 1.165) is 11.3 Å². The van der Waals surface area contributed by atoms with Crippen LogP contribution in [0.25, 0.3) is 0 Å². The Bertz CT molecular complexity index is 591. The maximum absolute atomic E-state index is 10.8. The molecule has 1 unspecified atom stereocenters. The van der Waals surface area contributed by atoms with Crippen molar-refractivity contribution < 1.29 is 14.6 Å². The number of fused-ring (bicyclic) bond motifs is 1. The van der Waals surface area contributed by atoms with Gasteiger partial charge in [-0.1, -0.05) is 18.2 Å². The molecule has 1 atom stereocenters. The molecular weight excluding hydrogens is 232 g/mol. The highest BCUT2D eigenvalue weighted by atomic mass is 16.5. The molecule has 1 aliphatic rings. The summed E-state index contributed by atoms with van der Waals surface area (Å²) < 4.78 is 7.23. The molecule has 1 N–H and O–H groups in total. The van der Waals surface area contributed by atoms with Gasteiger partial charge in [-0.3, -0.25) is 4.68 Å². The second-order valence-electron chi connectivity index (χ2n) is 4.30. The van der Waals surface area contributed by atoms with Crippen LogP contribution in [0.4, 0.5) is 0 Å². The Hall–Kier alpha value is -2.30. The Morgan fingerprint density at radius 3 is 3.11 bits per heavy atom. The van der Waals surface area contributed by atoms with Crippen LogP contribution in [-0.2, 0) is 6.54 Å². The van der Waals surface area contributed by atoms with Crippen molar-refractivity contribution >= 4 is 5.97 Å². The third-order valence-electron chi connectivity index (χ3n) is 3.09. The average Bonchev–Trinajstić information content (AvgIpc) is 2.98. The summed E-state index contributed by atoms with van der Waals surface area (Å²) in [7, 11) is 0. The number of ether oxygens (including phenoxy) is 1. The molecule has 92 valence electrons. The van der Waals surface area contributed by atoms with Crippen molar-refractivity contribution in [2.24, 2.45) is 0 Å². The van der Waals surface area contributed by atoms with Gasteiger partial charge in [0.1, 0.15) is 5.75 Å². The molecule has 0 radical (unpaired) electrons. The van der Waals surface area contributed by atoms with Gasteiger partial charge in [-0.15, -0.1) is 0 Å². The van der Waals surface area contributed by atoms with Crippen LogP contribution >= 0.6 is 0 Å². The second kappa shape index (κ2) is 4.18. The summed E-state index contributed by atoms with van der Waals surface area (Å²) >= 11 is 0. The Kier molecular flexibility index (Phi) is 2.51. The van der Waals surface area contributed by atoms with E-state index in [1.165, 1.54) is 6.20 Å². The second-order valence-corrected chi connectivity index (χ2v) is 4.30. The van der Waals surface area contributed by atoms with Gasteiger partial charge in [0.05, 0.1) is 24.9 Å². The third kappa shape index (κ3) is 1.84. The largest absolute Gasteiger partial charge is 0.493 e. The molecule has 2 heterocycles. The number of para-hydroxylation sites is 1. The van der Waals surface area contributed by atoms with Crippen LogP contribution in [0.5, 0.6) is 5.75 Å². The fraction of sp³-hybridized carbons (Fsp3) is 0.231. The molecule has 0 amide bonds. The first-order valence-corrected chi connectivity index (χ1v) is 5.71. The molecule has 5 nitrogen and oxygen atoms in total. The zero-order chi connectivity index (χ0) is 12.5. The Morgan fingerprint density at radius 1 is 1.50 bits per heavy atom. The highest BCUT2D eigenvalue weighted by molar-refractivity contribution is 5.86. The topological polar surface area (TPSA) is 64.3 Å². The first-order chi connectivity index (χ1) is 8.74. The standard InChI is InChI=1S/C13H12N2O3/c16-13(17)9-5-14-15(6-9)7-10-8-18-12-4-2-1-3-11(10)12/h1-6,10H,7-8H2,(H,16,17). The normalized spacial score (nSPS) is 17.2. The van der Waals surface area contributed by atoms with Gasteiger partial charge in [0.25, 0.3) is 0 Å². The maximum atomic E-state index is 10.8. The highest BCUT2D eigenvalue weighted by Gasteiger charge is 2.24. The first-order valence-electron chi connectivity index (χ1n) is 5.71. The molecule has 0 fully saturated rings. The zero-order valence-corrected chi connectivity index (χ0v) is 9.61. The van der Waals surface area contributed by atoms with Gasteiger partial charge >= 0.3 is 5.97 Å². The van der Waals surface area contributed by atoms with E-state index >= 15 is 0 Å². The first kappa shape index (κ1) is 10.8. The number of aromatic carboxylic acids is 1. The molecule has 1 aliphatic heterocycles. The minimum absolute atomic E-state index is 0.210. The minimum atomic E-state index is -0.954. The Morgan fingerprint density at radius 2 is 2.33 bits per heavy atom. The van der Waals surface area contributed by atoms with Crippen molar-refractivity contribution in [1.82, 2.24) is 9.78 Å². The van der Waals surface area contributed by atoms with E-state index in [1.807, 2.05) is 24.3 Å². The molecule has 1 aromatic carbocycles. The van der Waals surface area contributed by atoms with Gasteiger partial charge in [0.15, 0.2) is 0 Å². The van der Waals surface area contributed by atoms with Gasteiger partial charge in [-0.05, 0) is 6.07 Å². The molecule has 0 aliphatic carbocycles. The van der Waals surface area contributed by atoms with E-state index < -0.39 is 5.97 Å². The summed E-state index contributed by atoms with van der Waals surface area (Å²) in [5, 5.41) is 12.9. The lowest BCUT2D eigenvalue weighted by atomic mass is 10.0. The van der Waals surface area contributed by atoms with Crippen molar-refractivity contribution in [2.75, 3.05) is 6.61 Å². The summed E-state index contributed by atoms with van der Waals surface area (Å²) in [6.45, 7) is 1.24. The summed E-state index contributed by atoms with van der Waals surface area (Å²) in [5.74, 6) is 0.181. The molecular formula is C13H12N2O3. The quantitative estimate of drug-likeness (QED) is 0.893.